The standard InChI is InChI=1S/C10H13FN6O4/c11-10-14-7(16-12)4-8(15-10)17(2-13-4)9-6(20)5(19)3(1-18)21-9/h2-3,5-6,9,18-20H,1,12H2,(H,14,15,16)/t3-,5-,6-,9-/m1/s1. The van der Waals surface area contributed by atoms with Crippen molar-refractivity contribution < 1.29 is 24.4 Å². The molecule has 0 saturated carbocycles. The lowest BCUT2D eigenvalue weighted by Crippen LogP contribution is -2.33. The number of nitrogens with one attached hydrogen (secondary N) is 1. The van der Waals surface area contributed by atoms with Gasteiger partial charge in [0.05, 0.1) is 12.9 Å². The number of nitrogen functional groups attached to an aromatic ring is 1. The van der Waals surface area contributed by atoms with Gasteiger partial charge in [-0.2, -0.15) is 14.4 Å². The Labute approximate surface area is 117 Å². The molecule has 1 aliphatic rings. The summed E-state index contributed by atoms with van der Waals surface area (Å²) in [6, 6.07) is 0. The van der Waals surface area contributed by atoms with Gasteiger partial charge in [0.2, 0.25) is 0 Å². The van der Waals surface area contributed by atoms with Gasteiger partial charge in [0.15, 0.2) is 23.2 Å². The van der Waals surface area contributed by atoms with Crippen LogP contribution in [0.15, 0.2) is 6.33 Å². The van der Waals surface area contributed by atoms with Crippen molar-refractivity contribution in [3.63, 3.8) is 0 Å². The predicted octanol–water partition coefficient (Wildman–Crippen LogP) is -2.14. The van der Waals surface area contributed by atoms with Crippen molar-refractivity contribution in [2.75, 3.05) is 12.0 Å². The molecule has 21 heavy (non-hydrogen) atoms. The van der Waals surface area contributed by atoms with E-state index in [1.807, 2.05) is 0 Å². The van der Waals surface area contributed by atoms with E-state index in [1.165, 1.54) is 10.9 Å². The number of rotatable bonds is 3. The normalized spacial score (nSPS) is 29.2. The molecule has 114 valence electrons. The van der Waals surface area contributed by atoms with Crippen molar-refractivity contribution in [3.05, 3.63) is 12.4 Å². The van der Waals surface area contributed by atoms with Gasteiger partial charge in [0, 0.05) is 0 Å². The third kappa shape index (κ3) is 2.11. The van der Waals surface area contributed by atoms with Gasteiger partial charge in [-0.15, -0.1) is 0 Å². The van der Waals surface area contributed by atoms with Crippen LogP contribution in [-0.2, 0) is 4.74 Å². The van der Waals surface area contributed by atoms with E-state index in [4.69, 9.17) is 15.7 Å². The van der Waals surface area contributed by atoms with E-state index >= 15 is 0 Å². The molecule has 11 heteroatoms. The summed E-state index contributed by atoms with van der Waals surface area (Å²) in [4.78, 5) is 11.0. The number of fused-ring (bicyclic) bond motifs is 1. The highest BCUT2D eigenvalue weighted by atomic mass is 19.1. The van der Waals surface area contributed by atoms with Crippen LogP contribution in [0.3, 0.4) is 0 Å². The van der Waals surface area contributed by atoms with Crippen LogP contribution in [0, 0.1) is 6.08 Å². The summed E-state index contributed by atoms with van der Waals surface area (Å²) in [7, 11) is 0. The Bertz CT molecular complexity index is 666. The first-order valence-electron chi connectivity index (χ1n) is 6.06. The lowest BCUT2D eigenvalue weighted by molar-refractivity contribution is -0.0511. The number of aliphatic hydroxyl groups excluding tert-OH is 3. The molecule has 10 nitrogen and oxygen atoms in total. The topological polar surface area (TPSA) is 152 Å². The maximum absolute atomic E-state index is 13.4. The Morgan fingerprint density at radius 2 is 2.14 bits per heavy atom. The van der Waals surface area contributed by atoms with Crippen molar-refractivity contribution in [1.29, 1.82) is 0 Å². The molecule has 2 aromatic rings. The fourth-order valence-electron chi connectivity index (χ4n) is 2.29. The molecule has 0 aromatic carbocycles. The SMILES string of the molecule is NNc1nc(F)nc2c1ncn2[C@@H]1O[C@H](CO)[C@@H](O)[C@H]1O. The summed E-state index contributed by atoms with van der Waals surface area (Å²) < 4.78 is 20.0. The van der Waals surface area contributed by atoms with Gasteiger partial charge in [-0.3, -0.25) is 4.57 Å². The van der Waals surface area contributed by atoms with Gasteiger partial charge in [-0.25, -0.2) is 10.8 Å². The summed E-state index contributed by atoms with van der Waals surface area (Å²) >= 11 is 0. The molecular formula is C10H13FN6O4. The third-order valence-corrected chi connectivity index (χ3v) is 3.32. The Morgan fingerprint density at radius 1 is 1.38 bits per heavy atom. The lowest BCUT2D eigenvalue weighted by Gasteiger charge is -2.16. The zero-order valence-corrected chi connectivity index (χ0v) is 10.6. The Morgan fingerprint density at radius 3 is 2.76 bits per heavy atom. The molecule has 0 bridgehead atoms. The van der Waals surface area contributed by atoms with Crippen LogP contribution in [0.1, 0.15) is 6.23 Å². The molecule has 0 amide bonds. The second kappa shape index (κ2) is 5.13. The van der Waals surface area contributed by atoms with Crippen LogP contribution >= 0.6 is 0 Å². The molecular weight excluding hydrogens is 287 g/mol. The second-order valence-electron chi connectivity index (χ2n) is 4.54. The van der Waals surface area contributed by atoms with Crippen molar-refractivity contribution >= 4 is 17.0 Å². The summed E-state index contributed by atoms with van der Waals surface area (Å²) in [6.07, 6.45) is -4.42. The van der Waals surface area contributed by atoms with E-state index in [9.17, 15) is 14.6 Å². The molecule has 2 aromatic heterocycles. The molecule has 6 N–H and O–H groups in total. The molecule has 3 rings (SSSR count). The highest BCUT2D eigenvalue weighted by Gasteiger charge is 2.44. The van der Waals surface area contributed by atoms with Crippen molar-refractivity contribution in [3.8, 4) is 0 Å². The minimum absolute atomic E-state index is 0.0250. The van der Waals surface area contributed by atoms with Crippen LogP contribution in [0.5, 0.6) is 0 Å². The maximum atomic E-state index is 13.4. The average Bonchev–Trinajstić information content (AvgIpc) is 3.01. The van der Waals surface area contributed by atoms with Gasteiger partial charge < -0.3 is 25.5 Å². The Hall–Kier alpha value is -1.92. The number of aliphatic hydroxyl groups is 3. The number of nitrogens with two attached hydrogens (primary N) is 1. The summed E-state index contributed by atoms with van der Waals surface area (Å²) in [5, 5.41) is 28.8. The minimum atomic E-state index is -1.33. The maximum Gasteiger partial charge on any atom is 0.312 e. The first-order chi connectivity index (χ1) is 10.1. The molecule has 0 radical (unpaired) electrons. The molecule has 1 fully saturated rings. The number of nitrogens with zero attached hydrogens (tertiary/aromatic N) is 4. The zero-order valence-electron chi connectivity index (χ0n) is 10.6. The van der Waals surface area contributed by atoms with Crippen molar-refractivity contribution in [1.82, 2.24) is 19.5 Å². The fraction of sp³-hybridized carbons (Fsp3) is 0.500. The molecule has 0 aliphatic carbocycles. The lowest BCUT2D eigenvalue weighted by atomic mass is 10.1. The number of aromatic nitrogens is 4. The van der Waals surface area contributed by atoms with Crippen LogP contribution in [0.2, 0.25) is 0 Å². The summed E-state index contributed by atoms with van der Waals surface area (Å²) in [5.41, 5.74) is 2.41. The Balaban J connectivity index is 2.07. The largest absolute Gasteiger partial charge is 0.394 e. The Kier molecular flexibility index (Phi) is 3.43. The van der Waals surface area contributed by atoms with E-state index < -0.39 is 37.2 Å². The predicted molar refractivity (Wildman–Crippen MR) is 66.1 cm³/mol. The van der Waals surface area contributed by atoms with Gasteiger partial charge in [0.1, 0.15) is 18.3 Å². The quantitative estimate of drug-likeness (QED) is 0.243. The van der Waals surface area contributed by atoms with E-state index in [2.05, 4.69) is 20.4 Å². The number of hydrogen-bond acceptors (Lipinski definition) is 9. The number of anilines is 1. The molecule has 1 saturated heterocycles. The molecule has 0 spiro atoms. The van der Waals surface area contributed by atoms with E-state index in [0.29, 0.717) is 0 Å². The van der Waals surface area contributed by atoms with Crippen LogP contribution in [0.25, 0.3) is 11.2 Å². The highest BCUT2D eigenvalue weighted by molar-refractivity contribution is 5.82. The van der Waals surface area contributed by atoms with Gasteiger partial charge in [-0.1, -0.05) is 0 Å². The number of hydrogen-bond donors (Lipinski definition) is 5. The number of halogens is 1. The van der Waals surface area contributed by atoms with Gasteiger partial charge in [0.25, 0.3) is 0 Å². The zero-order chi connectivity index (χ0) is 15.1. The van der Waals surface area contributed by atoms with Crippen molar-refractivity contribution in [2.24, 2.45) is 5.84 Å². The van der Waals surface area contributed by atoms with E-state index in [-0.39, 0.29) is 17.0 Å². The average molecular weight is 300 g/mol. The number of hydrazine groups is 1. The van der Waals surface area contributed by atoms with Crippen LogP contribution in [0.4, 0.5) is 10.2 Å². The minimum Gasteiger partial charge on any atom is -0.394 e. The number of ether oxygens (including phenoxy) is 1. The van der Waals surface area contributed by atoms with Gasteiger partial charge >= 0.3 is 6.08 Å². The monoisotopic (exact) mass is 300 g/mol. The fourth-order valence-corrected chi connectivity index (χ4v) is 2.29. The van der Waals surface area contributed by atoms with Crippen LogP contribution < -0.4 is 11.3 Å². The second-order valence-corrected chi connectivity index (χ2v) is 4.54. The van der Waals surface area contributed by atoms with Crippen molar-refractivity contribution in [2.45, 2.75) is 24.5 Å². The van der Waals surface area contributed by atoms with Crippen LogP contribution in [-0.4, -0.2) is 59.8 Å². The molecule has 4 atom stereocenters. The first kappa shape index (κ1) is 14.0. The van der Waals surface area contributed by atoms with Gasteiger partial charge in [-0.05, 0) is 0 Å². The molecule has 1 aliphatic heterocycles. The summed E-state index contributed by atoms with van der Waals surface area (Å²) in [6.45, 7) is -0.472. The summed E-state index contributed by atoms with van der Waals surface area (Å²) in [5.74, 6) is 5.21. The van der Waals surface area contributed by atoms with E-state index in [1.54, 1.807) is 0 Å². The highest BCUT2D eigenvalue weighted by Crippen LogP contribution is 2.32. The molecule has 3 heterocycles. The first-order valence-corrected chi connectivity index (χ1v) is 6.06. The molecule has 0 unspecified atom stereocenters. The smallest absolute Gasteiger partial charge is 0.312 e. The van der Waals surface area contributed by atoms with E-state index in [0.717, 1.165) is 0 Å². The number of imidazole rings is 1. The third-order valence-electron chi connectivity index (χ3n) is 3.32.